The summed E-state index contributed by atoms with van der Waals surface area (Å²) in [5.74, 6) is -0.115. The van der Waals surface area contributed by atoms with Gasteiger partial charge in [0.2, 0.25) is 11.9 Å². The van der Waals surface area contributed by atoms with E-state index in [2.05, 4.69) is 25.2 Å². The molecule has 0 radical (unpaired) electrons. The lowest BCUT2D eigenvalue weighted by molar-refractivity contribution is -0.130. The SMILES string of the molecule is O=C(Nc1nc(CC(=O)N2CCN(c3ncccn3)CC2)cs1)c1ccc(F)cc1. The van der Waals surface area contributed by atoms with E-state index >= 15 is 0 Å². The van der Waals surface area contributed by atoms with Crippen molar-refractivity contribution in [3.63, 3.8) is 0 Å². The number of aromatic nitrogens is 3. The summed E-state index contributed by atoms with van der Waals surface area (Å²) in [7, 11) is 0. The Morgan fingerprint density at radius 2 is 1.77 bits per heavy atom. The molecular weight excluding hydrogens is 407 g/mol. The predicted molar refractivity (Wildman–Crippen MR) is 111 cm³/mol. The van der Waals surface area contributed by atoms with Gasteiger partial charge in [-0.2, -0.15) is 0 Å². The van der Waals surface area contributed by atoms with Gasteiger partial charge in [0.1, 0.15) is 5.82 Å². The second-order valence-corrected chi connectivity index (χ2v) is 7.56. The zero-order chi connectivity index (χ0) is 20.9. The smallest absolute Gasteiger partial charge is 0.257 e. The molecule has 30 heavy (non-hydrogen) atoms. The highest BCUT2D eigenvalue weighted by molar-refractivity contribution is 7.14. The van der Waals surface area contributed by atoms with Crippen LogP contribution in [-0.2, 0) is 11.2 Å². The minimum Gasteiger partial charge on any atom is -0.339 e. The Hall–Kier alpha value is -3.40. The third kappa shape index (κ3) is 4.77. The van der Waals surface area contributed by atoms with Crippen LogP contribution in [0.2, 0.25) is 0 Å². The monoisotopic (exact) mass is 426 g/mol. The van der Waals surface area contributed by atoms with Crippen molar-refractivity contribution in [2.75, 3.05) is 36.4 Å². The standard InChI is InChI=1S/C20H19FN6O2S/c21-15-4-2-14(3-5-15)18(29)25-20-24-16(13-30-20)12-17(28)26-8-10-27(11-9-26)19-22-6-1-7-23-19/h1-7,13H,8-12H2,(H,24,25,29). The van der Waals surface area contributed by atoms with Gasteiger partial charge in [0.15, 0.2) is 5.13 Å². The van der Waals surface area contributed by atoms with Crippen molar-refractivity contribution >= 4 is 34.2 Å². The lowest BCUT2D eigenvalue weighted by Crippen LogP contribution is -2.49. The molecule has 8 nitrogen and oxygen atoms in total. The molecule has 1 aliphatic heterocycles. The summed E-state index contributed by atoms with van der Waals surface area (Å²) in [5.41, 5.74) is 0.942. The highest BCUT2D eigenvalue weighted by atomic mass is 32.1. The zero-order valence-corrected chi connectivity index (χ0v) is 16.8. The quantitative estimate of drug-likeness (QED) is 0.673. The van der Waals surface area contributed by atoms with Crippen LogP contribution in [0.15, 0.2) is 48.1 Å². The van der Waals surface area contributed by atoms with Crippen LogP contribution in [0.25, 0.3) is 0 Å². The van der Waals surface area contributed by atoms with Crippen LogP contribution < -0.4 is 10.2 Å². The van der Waals surface area contributed by atoms with Gasteiger partial charge in [-0.25, -0.2) is 19.3 Å². The number of nitrogens with one attached hydrogen (secondary N) is 1. The lowest BCUT2D eigenvalue weighted by Gasteiger charge is -2.34. The topological polar surface area (TPSA) is 91.3 Å². The second kappa shape index (κ2) is 8.95. The molecule has 3 heterocycles. The van der Waals surface area contributed by atoms with Crippen LogP contribution in [0.1, 0.15) is 16.1 Å². The molecule has 4 rings (SSSR count). The van der Waals surface area contributed by atoms with Crippen LogP contribution in [0, 0.1) is 5.82 Å². The summed E-state index contributed by atoms with van der Waals surface area (Å²) in [6, 6.07) is 7.04. The first-order valence-electron chi connectivity index (χ1n) is 9.39. The van der Waals surface area contributed by atoms with Gasteiger partial charge in [0, 0.05) is 49.5 Å². The zero-order valence-electron chi connectivity index (χ0n) is 16.0. The van der Waals surface area contributed by atoms with E-state index in [9.17, 15) is 14.0 Å². The third-order valence-corrected chi connectivity index (χ3v) is 5.48. The number of hydrogen-bond acceptors (Lipinski definition) is 7. The van der Waals surface area contributed by atoms with E-state index in [1.807, 2.05) is 0 Å². The molecule has 3 aromatic rings. The summed E-state index contributed by atoms with van der Waals surface area (Å²) < 4.78 is 13.0. The van der Waals surface area contributed by atoms with Gasteiger partial charge in [0.25, 0.3) is 5.91 Å². The van der Waals surface area contributed by atoms with Crippen LogP contribution in [-0.4, -0.2) is 57.8 Å². The fourth-order valence-corrected chi connectivity index (χ4v) is 3.80. The fraction of sp³-hybridized carbons (Fsp3) is 0.250. The molecule has 2 aromatic heterocycles. The second-order valence-electron chi connectivity index (χ2n) is 6.70. The Morgan fingerprint density at radius 3 is 2.47 bits per heavy atom. The van der Waals surface area contributed by atoms with Crippen molar-refractivity contribution in [1.82, 2.24) is 19.9 Å². The Balaban J connectivity index is 1.29. The Labute approximate surface area is 176 Å². The number of hydrogen-bond donors (Lipinski definition) is 1. The van der Waals surface area contributed by atoms with Crippen molar-refractivity contribution in [1.29, 1.82) is 0 Å². The highest BCUT2D eigenvalue weighted by Crippen LogP contribution is 2.18. The first-order valence-corrected chi connectivity index (χ1v) is 10.3. The molecule has 0 saturated carbocycles. The Bertz CT molecular complexity index is 1020. The number of rotatable bonds is 5. The number of thiazole rings is 1. The van der Waals surface area contributed by atoms with Crippen molar-refractivity contribution in [3.8, 4) is 0 Å². The molecule has 1 fully saturated rings. The molecule has 1 aromatic carbocycles. The molecule has 0 spiro atoms. The van der Waals surface area contributed by atoms with E-state index in [-0.39, 0.29) is 18.2 Å². The van der Waals surface area contributed by atoms with Gasteiger partial charge in [-0.1, -0.05) is 0 Å². The summed E-state index contributed by atoms with van der Waals surface area (Å²) in [6.07, 6.45) is 3.58. The maximum atomic E-state index is 13.0. The van der Waals surface area contributed by atoms with Crippen molar-refractivity contribution in [2.45, 2.75) is 6.42 Å². The first-order chi connectivity index (χ1) is 14.6. The molecule has 0 bridgehead atoms. The van der Waals surface area contributed by atoms with E-state index < -0.39 is 5.82 Å². The van der Waals surface area contributed by atoms with Gasteiger partial charge in [-0.3, -0.25) is 14.9 Å². The summed E-state index contributed by atoms with van der Waals surface area (Å²) >= 11 is 1.25. The number of benzene rings is 1. The number of amides is 2. The molecule has 1 saturated heterocycles. The van der Waals surface area contributed by atoms with Gasteiger partial charge in [-0.15, -0.1) is 11.3 Å². The molecule has 10 heteroatoms. The normalized spacial score (nSPS) is 13.9. The molecule has 1 N–H and O–H groups in total. The molecule has 154 valence electrons. The van der Waals surface area contributed by atoms with Gasteiger partial charge >= 0.3 is 0 Å². The maximum absolute atomic E-state index is 13.0. The molecular formula is C20H19FN6O2S. The number of piperazine rings is 1. The van der Waals surface area contributed by atoms with Crippen LogP contribution in [0.5, 0.6) is 0 Å². The van der Waals surface area contributed by atoms with E-state index in [0.717, 1.165) is 0 Å². The predicted octanol–water partition coefficient (Wildman–Crippen LogP) is 2.22. The number of halogens is 1. The maximum Gasteiger partial charge on any atom is 0.257 e. The average molecular weight is 426 g/mol. The minimum atomic E-state index is -0.404. The molecule has 1 aliphatic rings. The third-order valence-electron chi connectivity index (χ3n) is 4.68. The lowest BCUT2D eigenvalue weighted by atomic mass is 10.2. The van der Waals surface area contributed by atoms with Crippen molar-refractivity contribution < 1.29 is 14.0 Å². The van der Waals surface area contributed by atoms with Crippen LogP contribution in [0.4, 0.5) is 15.5 Å². The Kier molecular flexibility index (Phi) is 5.94. The van der Waals surface area contributed by atoms with Crippen molar-refractivity contribution in [2.24, 2.45) is 0 Å². The van der Waals surface area contributed by atoms with E-state index in [4.69, 9.17) is 0 Å². The summed E-state index contributed by atoms with van der Waals surface area (Å²) in [5, 5.41) is 4.83. The number of anilines is 2. The number of carbonyl (C=O) groups excluding carboxylic acids is 2. The number of nitrogens with zero attached hydrogens (tertiary/aromatic N) is 5. The molecule has 0 atom stereocenters. The first kappa shape index (κ1) is 19.9. The van der Waals surface area contributed by atoms with Gasteiger partial charge in [-0.05, 0) is 30.3 Å². The van der Waals surface area contributed by atoms with E-state index in [1.165, 1.54) is 35.6 Å². The minimum absolute atomic E-state index is 0.00894. The molecule has 0 unspecified atom stereocenters. The fourth-order valence-electron chi connectivity index (χ4n) is 3.09. The summed E-state index contributed by atoms with van der Waals surface area (Å²) in [6.45, 7) is 2.53. The largest absolute Gasteiger partial charge is 0.339 e. The van der Waals surface area contributed by atoms with E-state index in [0.29, 0.717) is 48.5 Å². The van der Waals surface area contributed by atoms with Crippen LogP contribution >= 0.6 is 11.3 Å². The molecule has 2 amide bonds. The van der Waals surface area contributed by atoms with Gasteiger partial charge < -0.3 is 9.80 Å². The van der Waals surface area contributed by atoms with E-state index in [1.54, 1.807) is 28.7 Å². The number of carbonyl (C=O) groups is 2. The van der Waals surface area contributed by atoms with Crippen molar-refractivity contribution in [3.05, 3.63) is 65.2 Å². The van der Waals surface area contributed by atoms with Crippen LogP contribution in [0.3, 0.4) is 0 Å². The summed E-state index contributed by atoms with van der Waals surface area (Å²) in [4.78, 5) is 41.5. The molecule has 0 aliphatic carbocycles. The van der Waals surface area contributed by atoms with Gasteiger partial charge in [0.05, 0.1) is 12.1 Å². The Morgan fingerprint density at radius 1 is 1.07 bits per heavy atom. The average Bonchev–Trinajstić information content (AvgIpc) is 3.21. The highest BCUT2D eigenvalue weighted by Gasteiger charge is 2.23.